The highest BCUT2D eigenvalue weighted by molar-refractivity contribution is 6.32. The molecule has 0 aliphatic rings. The fourth-order valence-corrected chi connectivity index (χ4v) is 0.964. The van der Waals surface area contributed by atoms with Gasteiger partial charge in [0, 0.05) is 5.56 Å². The molecule has 0 bridgehead atoms. The molecule has 0 spiro atoms. The SMILES string of the molecule is OCc1cc(Cl)c(O)c(F)c1F. The molecule has 0 aliphatic heterocycles. The molecule has 0 aromatic heterocycles. The summed E-state index contributed by atoms with van der Waals surface area (Å²) in [5.41, 5.74) is -0.282. The van der Waals surface area contributed by atoms with Crippen molar-refractivity contribution in [1.82, 2.24) is 0 Å². The van der Waals surface area contributed by atoms with Gasteiger partial charge in [-0.2, -0.15) is 4.39 Å². The second-order valence-corrected chi connectivity index (χ2v) is 2.56. The molecule has 12 heavy (non-hydrogen) atoms. The highest BCUT2D eigenvalue weighted by atomic mass is 35.5. The Labute approximate surface area is 72.0 Å². The lowest BCUT2D eigenvalue weighted by Gasteiger charge is -2.03. The predicted octanol–water partition coefficient (Wildman–Crippen LogP) is 1.82. The number of aromatic hydroxyl groups is 1. The average Bonchev–Trinajstić information content (AvgIpc) is 2.08. The van der Waals surface area contributed by atoms with Crippen molar-refractivity contribution in [2.45, 2.75) is 6.61 Å². The minimum atomic E-state index is -1.44. The van der Waals surface area contributed by atoms with Crippen LogP contribution in [0, 0.1) is 11.6 Å². The first kappa shape index (κ1) is 9.22. The number of benzene rings is 1. The van der Waals surface area contributed by atoms with Gasteiger partial charge >= 0.3 is 0 Å². The number of hydrogen-bond acceptors (Lipinski definition) is 2. The van der Waals surface area contributed by atoms with E-state index in [1.54, 1.807) is 0 Å². The van der Waals surface area contributed by atoms with Gasteiger partial charge in [-0.05, 0) is 6.07 Å². The zero-order chi connectivity index (χ0) is 9.30. The summed E-state index contributed by atoms with van der Waals surface area (Å²) in [5, 5.41) is 17.0. The zero-order valence-electron chi connectivity index (χ0n) is 5.81. The third-order valence-corrected chi connectivity index (χ3v) is 1.67. The summed E-state index contributed by atoms with van der Waals surface area (Å²) >= 11 is 5.30. The van der Waals surface area contributed by atoms with E-state index in [2.05, 4.69) is 0 Å². The number of hydrogen-bond donors (Lipinski definition) is 2. The summed E-state index contributed by atoms with van der Waals surface area (Å²) in [4.78, 5) is 0. The molecule has 1 rings (SSSR count). The van der Waals surface area contributed by atoms with E-state index >= 15 is 0 Å². The molecule has 0 amide bonds. The molecule has 0 fully saturated rings. The zero-order valence-corrected chi connectivity index (χ0v) is 6.57. The maximum atomic E-state index is 12.7. The van der Waals surface area contributed by atoms with Crippen LogP contribution in [0.25, 0.3) is 0 Å². The molecule has 0 radical (unpaired) electrons. The van der Waals surface area contributed by atoms with E-state index in [0.717, 1.165) is 6.07 Å². The number of aliphatic hydroxyl groups excluding tert-OH is 1. The molecule has 5 heteroatoms. The van der Waals surface area contributed by atoms with Gasteiger partial charge in [-0.3, -0.25) is 0 Å². The quantitative estimate of drug-likeness (QED) is 0.670. The molecule has 1 aromatic carbocycles. The van der Waals surface area contributed by atoms with Gasteiger partial charge in [-0.15, -0.1) is 0 Å². The highest BCUT2D eigenvalue weighted by Crippen LogP contribution is 2.30. The largest absolute Gasteiger partial charge is 0.504 e. The van der Waals surface area contributed by atoms with E-state index in [1.807, 2.05) is 0 Å². The van der Waals surface area contributed by atoms with Crippen LogP contribution in [-0.4, -0.2) is 10.2 Å². The lowest BCUT2D eigenvalue weighted by Crippen LogP contribution is -1.94. The summed E-state index contributed by atoms with van der Waals surface area (Å²) in [6, 6.07) is 0.968. The Morgan fingerprint density at radius 1 is 1.33 bits per heavy atom. The van der Waals surface area contributed by atoms with E-state index in [4.69, 9.17) is 21.8 Å². The van der Waals surface area contributed by atoms with Crippen molar-refractivity contribution in [1.29, 1.82) is 0 Å². The maximum absolute atomic E-state index is 12.7. The molecule has 0 saturated heterocycles. The minimum Gasteiger partial charge on any atom is -0.504 e. The smallest absolute Gasteiger partial charge is 0.202 e. The van der Waals surface area contributed by atoms with Gasteiger partial charge in [0.1, 0.15) is 0 Å². The molecule has 1 aromatic rings. The monoisotopic (exact) mass is 194 g/mol. The molecule has 0 aliphatic carbocycles. The van der Waals surface area contributed by atoms with Crippen LogP contribution < -0.4 is 0 Å². The standard InChI is InChI=1S/C7H5ClF2O2/c8-4-1-3(2-11)5(9)6(10)7(4)12/h1,11-12H,2H2. The first-order valence-corrected chi connectivity index (χ1v) is 3.42. The van der Waals surface area contributed by atoms with Crippen molar-refractivity contribution in [3.05, 3.63) is 28.3 Å². The van der Waals surface area contributed by atoms with Crippen LogP contribution in [0.1, 0.15) is 5.56 Å². The Kier molecular flexibility index (Phi) is 2.49. The number of phenolic OH excluding ortho intramolecular Hbond substituents is 1. The second-order valence-electron chi connectivity index (χ2n) is 2.15. The van der Waals surface area contributed by atoms with Crippen LogP contribution in [0.2, 0.25) is 5.02 Å². The van der Waals surface area contributed by atoms with Crippen LogP contribution in [0.3, 0.4) is 0 Å². The van der Waals surface area contributed by atoms with Crippen LogP contribution in [0.4, 0.5) is 8.78 Å². The Morgan fingerprint density at radius 2 is 1.92 bits per heavy atom. The van der Waals surface area contributed by atoms with Crippen molar-refractivity contribution < 1.29 is 19.0 Å². The van der Waals surface area contributed by atoms with E-state index in [9.17, 15) is 8.78 Å². The van der Waals surface area contributed by atoms with Gasteiger partial charge < -0.3 is 10.2 Å². The van der Waals surface area contributed by atoms with Gasteiger partial charge in [0.05, 0.1) is 11.6 Å². The van der Waals surface area contributed by atoms with Crippen molar-refractivity contribution in [2.75, 3.05) is 0 Å². The minimum absolute atomic E-state index is 0.282. The molecular weight excluding hydrogens is 190 g/mol. The fourth-order valence-electron chi connectivity index (χ4n) is 0.749. The van der Waals surface area contributed by atoms with Gasteiger partial charge in [-0.1, -0.05) is 11.6 Å². The molecule has 2 N–H and O–H groups in total. The summed E-state index contributed by atoms with van der Waals surface area (Å²) < 4.78 is 25.3. The summed E-state index contributed by atoms with van der Waals surface area (Å²) in [7, 11) is 0. The molecule has 0 saturated carbocycles. The van der Waals surface area contributed by atoms with Crippen LogP contribution in [0.5, 0.6) is 5.75 Å². The van der Waals surface area contributed by atoms with Crippen molar-refractivity contribution in [3.8, 4) is 5.75 Å². The topological polar surface area (TPSA) is 40.5 Å². The van der Waals surface area contributed by atoms with Crippen molar-refractivity contribution in [3.63, 3.8) is 0 Å². The van der Waals surface area contributed by atoms with Crippen molar-refractivity contribution >= 4 is 11.6 Å². The first-order chi connectivity index (χ1) is 5.57. The number of halogens is 3. The molecule has 66 valence electrons. The van der Waals surface area contributed by atoms with E-state index in [1.165, 1.54) is 0 Å². The Bertz CT molecular complexity index is 315. The lowest BCUT2D eigenvalue weighted by molar-refractivity contribution is 0.272. The van der Waals surface area contributed by atoms with Gasteiger partial charge in [0.15, 0.2) is 11.6 Å². The average molecular weight is 195 g/mol. The first-order valence-electron chi connectivity index (χ1n) is 3.04. The summed E-state index contributed by atoms with van der Waals surface area (Å²) in [5.74, 6) is -3.66. The number of rotatable bonds is 1. The fraction of sp³-hybridized carbons (Fsp3) is 0.143. The Balaban J connectivity index is 3.39. The molecular formula is C7H5ClF2O2. The van der Waals surface area contributed by atoms with Gasteiger partial charge in [0.25, 0.3) is 0 Å². The maximum Gasteiger partial charge on any atom is 0.202 e. The van der Waals surface area contributed by atoms with Gasteiger partial charge in [0.2, 0.25) is 5.82 Å². The highest BCUT2D eigenvalue weighted by Gasteiger charge is 2.15. The number of aliphatic hydroxyl groups is 1. The van der Waals surface area contributed by atoms with Crippen molar-refractivity contribution in [2.24, 2.45) is 0 Å². The summed E-state index contributed by atoms with van der Waals surface area (Å²) in [6.07, 6.45) is 0. The normalized spacial score (nSPS) is 10.3. The third-order valence-electron chi connectivity index (χ3n) is 1.38. The number of phenols is 1. The van der Waals surface area contributed by atoms with Crippen LogP contribution in [0.15, 0.2) is 6.07 Å². The molecule has 0 unspecified atom stereocenters. The predicted molar refractivity (Wildman–Crippen MR) is 39.0 cm³/mol. The molecule has 0 atom stereocenters. The van der Waals surface area contributed by atoms with Gasteiger partial charge in [-0.25, -0.2) is 4.39 Å². The van der Waals surface area contributed by atoms with Crippen LogP contribution in [-0.2, 0) is 6.61 Å². The molecule has 0 heterocycles. The van der Waals surface area contributed by atoms with E-state index < -0.39 is 24.0 Å². The molecule has 2 nitrogen and oxygen atoms in total. The third kappa shape index (κ3) is 1.35. The van der Waals surface area contributed by atoms with E-state index in [-0.39, 0.29) is 10.6 Å². The van der Waals surface area contributed by atoms with E-state index in [0.29, 0.717) is 0 Å². The Morgan fingerprint density at radius 3 is 2.42 bits per heavy atom. The van der Waals surface area contributed by atoms with Crippen LogP contribution >= 0.6 is 11.6 Å². The summed E-state index contributed by atoms with van der Waals surface area (Å²) in [6.45, 7) is -0.664. The second kappa shape index (κ2) is 3.25. The lowest BCUT2D eigenvalue weighted by atomic mass is 10.2. The Hall–Kier alpha value is -0.870.